The molecule has 1 aromatic carbocycles. The van der Waals surface area contributed by atoms with E-state index in [1.165, 1.54) is 0 Å². The van der Waals surface area contributed by atoms with Crippen molar-refractivity contribution in [2.45, 2.75) is 26.2 Å². The monoisotopic (exact) mass is 280 g/mol. The molecule has 108 valence electrons. The molecule has 0 spiro atoms. The molecule has 1 fully saturated rings. The van der Waals surface area contributed by atoms with Gasteiger partial charge in [-0.25, -0.2) is 4.79 Å². The van der Waals surface area contributed by atoms with Gasteiger partial charge in [0.15, 0.2) is 6.29 Å². The fraction of sp³-hybridized carbons (Fsp3) is 0.400. The quantitative estimate of drug-likeness (QED) is 0.631. The number of carbonyl (C=O) groups is 1. The first kappa shape index (κ1) is 14.7. The summed E-state index contributed by atoms with van der Waals surface area (Å²) in [6.45, 7) is 3.35. The lowest BCUT2D eigenvalue weighted by Gasteiger charge is -2.25. The van der Waals surface area contributed by atoms with E-state index in [0.29, 0.717) is 0 Å². The molecule has 0 radical (unpaired) electrons. The van der Waals surface area contributed by atoms with E-state index in [1.807, 2.05) is 30.3 Å². The molecule has 0 aromatic heterocycles. The molecule has 1 heterocycles. The number of halogens is 1. The van der Waals surface area contributed by atoms with Crippen molar-refractivity contribution < 1.29 is 23.4 Å². The number of hydrogen-bond acceptors (Lipinski definition) is 4. The van der Waals surface area contributed by atoms with Crippen LogP contribution in [0, 0.1) is 0 Å². The standard InChI is InChI=1S/C15H17FO4/c1-10(2)20-14(17)13(16)12-8-18-15(19-9-12)11-6-4-3-5-7-11/h3-7,10,15H,8-9H2,1-2H3. The lowest BCUT2D eigenvalue weighted by Crippen LogP contribution is -2.23. The SMILES string of the molecule is CC(C)OC(=O)C(F)=C1COC(c2ccccc2)OC1. The molecule has 1 aliphatic heterocycles. The van der Waals surface area contributed by atoms with Crippen molar-refractivity contribution in [3.63, 3.8) is 0 Å². The molecule has 1 aliphatic rings. The van der Waals surface area contributed by atoms with Crippen LogP contribution in [0.2, 0.25) is 0 Å². The molecule has 1 aromatic rings. The second kappa shape index (κ2) is 6.63. The van der Waals surface area contributed by atoms with Crippen molar-refractivity contribution in [3.8, 4) is 0 Å². The van der Waals surface area contributed by atoms with Crippen molar-refractivity contribution in [2.75, 3.05) is 13.2 Å². The van der Waals surface area contributed by atoms with Gasteiger partial charge in [0.2, 0.25) is 5.83 Å². The van der Waals surface area contributed by atoms with Gasteiger partial charge in [-0.2, -0.15) is 4.39 Å². The second-order valence-corrected chi connectivity index (χ2v) is 4.74. The van der Waals surface area contributed by atoms with Gasteiger partial charge < -0.3 is 14.2 Å². The zero-order valence-electron chi connectivity index (χ0n) is 11.5. The normalized spacial score (nSPS) is 19.0. The van der Waals surface area contributed by atoms with Gasteiger partial charge in [0.25, 0.3) is 0 Å². The van der Waals surface area contributed by atoms with E-state index in [9.17, 15) is 9.18 Å². The number of esters is 1. The van der Waals surface area contributed by atoms with Gasteiger partial charge in [-0.1, -0.05) is 30.3 Å². The lowest BCUT2D eigenvalue weighted by molar-refractivity contribution is -0.164. The average Bonchev–Trinajstić information content (AvgIpc) is 2.47. The number of carbonyl (C=O) groups excluding carboxylic acids is 1. The van der Waals surface area contributed by atoms with Crippen LogP contribution in [-0.2, 0) is 19.0 Å². The lowest BCUT2D eigenvalue weighted by atomic mass is 10.2. The summed E-state index contributed by atoms with van der Waals surface area (Å²) >= 11 is 0. The minimum absolute atomic E-state index is 0.0125. The Morgan fingerprint density at radius 1 is 1.25 bits per heavy atom. The highest BCUT2D eigenvalue weighted by atomic mass is 19.1. The zero-order chi connectivity index (χ0) is 14.5. The molecule has 1 saturated heterocycles. The van der Waals surface area contributed by atoms with Gasteiger partial charge in [0.05, 0.1) is 19.3 Å². The summed E-state index contributed by atoms with van der Waals surface area (Å²) in [5, 5.41) is 0. The largest absolute Gasteiger partial charge is 0.458 e. The Hall–Kier alpha value is -1.72. The number of benzene rings is 1. The first-order valence-corrected chi connectivity index (χ1v) is 6.44. The van der Waals surface area contributed by atoms with E-state index < -0.39 is 18.1 Å². The smallest absolute Gasteiger partial charge is 0.367 e. The van der Waals surface area contributed by atoms with E-state index >= 15 is 0 Å². The molecule has 0 saturated carbocycles. The minimum Gasteiger partial charge on any atom is -0.458 e. The predicted octanol–water partition coefficient (Wildman–Crippen LogP) is 2.91. The third kappa shape index (κ3) is 3.65. The first-order chi connectivity index (χ1) is 9.58. The van der Waals surface area contributed by atoms with Crippen LogP contribution in [0.1, 0.15) is 25.7 Å². The van der Waals surface area contributed by atoms with E-state index in [-0.39, 0.29) is 24.9 Å². The van der Waals surface area contributed by atoms with Crippen molar-refractivity contribution in [3.05, 3.63) is 47.3 Å². The van der Waals surface area contributed by atoms with Crippen LogP contribution in [0.25, 0.3) is 0 Å². The summed E-state index contributed by atoms with van der Waals surface area (Å²) in [5.41, 5.74) is 1.03. The maximum absolute atomic E-state index is 13.8. The van der Waals surface area contributed by atoms with Gasteiger partial charge in [0, 0.05) is 11.1 Å². The topological polar surface area (TPSA) is 44.8 Å². The van der Waals surface area contributed by atoms with Crippen LogP contribution in [0.3, 0.4) is 0 Å². The van der Waals surface area contributed by atoms with Crippen molar-refractivity contribution in [1.82, 2.24) is 0 Å². The van der Waals surface area contributed by atoms with Crippen molar-refractivity contribution in [1.29, 1.82) is 0 Å². The summed E-state index contributed by atoms with van der Waals surface area (Å²) in [6, 6.07) is 9.35. The van der Waals surface area contributed by atoms with Crippen LogP contribution in [-0.4, -0.2) is 25.3 Å². The first-order valence-electron chi connectivity index (χ1n) is 6.44. The third-order valence-corrected chi connectivity index (χ3v) is 2.72. The Kier molecular flexibility index (Phi) is 4.87. The van der Waals surface area contributed by atoms with Gasteiger partial charge in [0.1, 0.15) is 0 Å². The zero-order valence-corrected chi connectivity index (χ0v) is 11.5. The maximum Gasteiger partial charge on any atom is 0.367 e. The van der Waals surface area contributed by atoms with Crippen LogP contribution < -0.4 is 0 Å². The fourth-order valence-electron chi connectivity index (χ4n) is 1.78. The number of hydrogen-bond donors (Lipinski definition) is 0. The summed E-state index contributed by atoms with van der Waals surface area (Å²) in [6.07, 6.45) is -0.898. The van der Waals surface area contributed by atoms with Gasteiger partial charge in [-0.05, 0) is 13.8 Å². The highest BCUT2D eigenvalue weighted by molar-refractivity contribution is 5.87. The predicted molar refractivity (Wildman–Crippen MR) is 70.4 cm³/mol. The van der Waals surface area contributed by atoms with Gasteiger partial charge in [-0.15, -0.1) is 0 Å². The third-order valence-electron chi connectivity index (χ3n) is 2.72. The summed E-state index contributed by atoms with van der Waals surface area (Å²) < 4.78 is 29.5. The van der Waals surface area contributed by atoms with Crippen molar-refractivity contribution >= 4 is 5.97 Å². The number of rotatable bonds is 3. The average molecular weight is 280 g/mol. The molecule has 20 heavy (non-hydrogen) atoms. The molecule has 5 heteroatoms. The molecule has 0 aliphatic carbocycles. The molecule has 4 nitrogen and oxygen atoms in total. The van der Waals surface area contributed by atoms with Crippen LogP contribution >= 0.6 is 0 Å². The highest BCUT2D eigenvalue weighted by Gasteiger charge is 2.25. The fourth-order valence-corrected chi connectivity index (χ4v) is 1.78. The summed E-state index contributed by atoms with van der Waals surface area (Å²) in [5.74, 6) is -1.90. The molecule has 0 atom stereocenters. The second-order valence-electron chi connectivity index (χ2n) is 4.74. The molecule has 2 rings (SSSR count). The molecule has 0 amide bonds. The Morgan fingerprint density at radius 3 is 2.40 bits per heavy atom. The summed E-state index contributed by atoms with van der Waals surface area (Å²) in [7, 11) is 0. The minimum atomic E-state index is -0.972. The maximum atomic E-state index is 13.8. The Labute approximate surface area is 117 Å². The number of ether oxygens (including phenoxy) is 3. The van der Waals surface area contributed by atoms with Crippen molar-refractivity contribution in [2.24, 2.45) is 0 Å². The molecule has 0 unspecified atom stereocenters. The van der Waals surface area contributed by atoms with E-state index in [1.54, 1.807) is 13.8 Å². The van der Waals surface area contributed by atoms with Crippen LogP contribution in [0.4, 0.5) is 4.39 Å². The van der Waals surface area contributed by atoms with Gasteiger partial charge in [-0.3, -0.25) is 0 Å². The Bertz CT molecular complexity index is 486. The Morgan fingerprint density at radius 2 is 1.85 bits per heavy atom. The molecular weight excluding hydrogens is 263 g/mol. The van der Waals surface area contributed by atoms with Crippen LogP contribution in [0.15, 0.2) is 41.7 Å². The highest BCUT2D eigenvalue weighted by Crippen LogP contribution is 2.26. The van der Waals surface area contributed by atoms with Gasteiger partial charge >= 0.3 is 5.97 Å². The molecular formula is C15H17FO4. The van der Waals surface area contributed by atoms with E-state index in [2.05, 4.69) is 0 Å². The van der Waals surface area contributed by atoms with E-state index in [4.69, 9.17) is 14.2 Å². The molecule has 0 bridgehead atoms. The Balaban J connectivity index is 1.98. The van der Waals surface area contributed by atoms with Crippen LogP contribution in [0.5, 0.6) is 0 Å². The molecule has 0 N–H and O–H groups in total. The van der Waals surface area contributed by atoms with E-state index in [0.717, 1.165) is 5.56 Å². The summed E-state index contributed by atoms with van der Waals surface area (Å²) in [4.78, 5) is 11.4.